The van der Waals surface area contributed by atoms with Crippen molar-refractivity contribution in [3.63, 3.8) is 0 Å². The van der Waals surface area contributed by atoms with E-state index in [-0.39, 0.29) is 0 Å². The highest BCUT2D eigenvalue weighted by Crippen LogP contribution is 2.41. The number of aliphatic hydroxyl groups excluding tert-OH is 2. The number of hydrogen-bond acceptors (Lipinski definition) is 5. The van der Waals surface area contributed by atoms with E-state index in [0.29, 0.717) is 10.8 Å². The Labute approximate surface area is 115 Å². The van der Waals surface area contributed by atoms with Gasteiger partial charge in [0.25, 0.3) is 5.56 Å². The number of ether oxygens (including phenoxy) is 1. The number of H-pyrrole nitrogens is 1. The zero-order valence-corrected chi connectivity index (χ0v) is 10.7. The van der Waals surface area contributed by atoms with E-state index in [4.69, 9.17) is 22.1 Å². The molecule has 10 heteroatoms. The van der Waals surface area contributed by atoms with Crippen LogP contribution >= 0.6 is 12.2 Å². The van der Waals surface area contributed by atoms with Gasteiger partial charge in [0.15, 0.2) is 11.0 Å². The van der Waals surface area contributed by atoms with Crippen molar-refractivity contribution < 1.29 is 28.1 Å². The molecule has 1 unspecified atom stereocenters. The molecule has 1 aromatic heterocycles. The molecule has 4 atom stereocenters. The molecule has 112 valence electrons. The first-order chi connectivity index (χ1) is 9.35. The monoisotopic (exact) mass is 312 g/mol. The van der Waals surface area contributed by atoms with Gasteiger partial charge >= 0.3 is 0 Å². The summed E-state index contributed by atoms with van der Waals surface area (Å²) in [6.07, 6.45) is -4.60. The second kappa shape index (κ2) is 5.28. The topological polar surface area (TPSA) is 87.5 Å². The van der Waals surface area contributed by atoms with Crippen LogP contribution in [0.3, 0.4) is 0 Å². The van der Waals surface area contributed by atoms with Crippen molar-refractivity contribution in [1.29, 1.82) is 0 Å². The molecule has 0 saturated carbocycles. The predicted molar refractivity (Wildman–Crippen MR) is 62.7 cm³/mol. The summed E-state index contributed by atoms with van der Waals surface area (Å²) >= 11 is 4.73. The first-order valence-electron chi connectivity index (χ1n) is 5.55. The van der Waals surface area contributed by atoms with Crippen LogP contribution in [0, 0.1) is 10.6 Å². The van der Waals surface area contributed by atoms with Crippen LogP contribution in [0.15, 0.2) is 11.0 Å². The van der Waals surface area contributed by atoms with Crippen molar-refractivity contribution in [2.75, 3.05) is 13.3 Å². The molecule has 0 radical (unpaired) electrons. The Balaban J connectivity index is 2.54. The van der Waals surface area contributed by atoms with E-state index in [2.05, 4.69) is 0 Å². The first-order valence-corrected chi connectivity index (χ1v) is 5.96. The number of aromatic amines is 1. The molecule has 0 aromatic carbocycles. The van der Waals surface area contributed by atoms with E-state index >= 15 is 0 Å². The minimum Gasteiger partial charge on any atom is -0.394 e. The normalized spacial score (nSPS) is 33.5. The summed E-state index contributed by atoms with van der Waals surface area (Å²) in [4.78, 5) is 12.9. The highest BCUT2D eigenvalue weighted by molar-refractivity contribution is 7.71. The van der Waals surface area contributed by atoms with Gasteiger partial charge in [-0.05, 0) is 12.2 Å². The molecule has 6 nitrogen and oxygen atoms in total. The van der Waals surface area contributed by atoms with E-state index in [9.17, 15) is 23.1 Å². The van der Waals surface area contributed by atoms with Gasteiger partial charge in [0.05, 0.1) is 12.8 Å². The summed E-state index contributed by atoms with van der Waals surface area (Å²) in [6.45, 7) is -2.40. The summed E-state index contributed by atoms with van der Waals surface area (Å²) in [7, 11) is 0. The molecule has 1 aliphatic rings. The average molecular weight is 312 g/mol. The Morgan fingerprint density at radius 2 is 2.25 bits per heavy atom. The van der Waals surface area contributed by atoms with Gasteiger partial charge < -0.3 is 14.9 Å². The van der Waals surface area contributed by atoms with Crippen LogP contribution in [0.2, 0.25) is 0 Å². The Morgan fingerprint density at radius 1 is 1.60 bits per heavy atom. The SMILES string of the molecule is O=c1[nH]c(=S)n([C@@H]2O[C@H](CO)C(O)[C@]2(F)CF)cc1F. The fraction of sp³-hybridized carbons (Fsp3) is 0.600. The van der Waals surface area contributed by atoms with E-state index < -0.39 is 53.5 Å². The fourth-order valence-corrected chi connectivity index (χ4v) is 2.27. The lowest BCUT2D eigenvalue weighted by Crippen LogP contribution is -2.45. The first kappa shape index (κ1) is 15.2. The molecule has 1 saturated heterocycles. The lowest BCUT2D eigenvalue weighted by Gasteiger charge is -2.26. The lowest BCUT2D eigenvalue weighted by atomic mass is 9.97. The second-order valence-electron chi connectivity index (χ2n) is 4.36. The zero-order chi connectivity index (χ0) is 15.1. The largest absolute Gasteiger partial charge is 0.394 e. The average Bonchev–Trinajstić information content (AvgIpc) is 2.67. The molecule has 1 fully saturated rings. The lowest BCUT2D eigenvalue weighted by molar-refractivity contribution is -0.0729. The number of hydrogen-bond donors (Lipinski definition) is 3. The Morgan fingerprint density at radius 3 is 2.80 bits per heavy atom. The van der Waals surface area contributed by atoms with Gasteiger partial charge in [0, 0.05) is 0 Å². The maximum absolute atomic E-state index is 14.5. The van der Waals surface area contributed by atoms with Crippen LogP contribution in [0.5, 0.6) is 0 Å². The predicted octanol–water partition coefficient (Wildman–Crippen LogP) is -0.0266. The van der Waals surface area contributed by atoms with Gasteiger partial charge in [-0.3, -0.25) is 14.3 Å². The summed E-state index contributed by atoms with van der Waals surface area (Å²) in [6, 6.07) is 0. The van der Waals surface area contributed by atoms with Gasteiger partial charge in [0.1, 0.15) is 18.9 Å². The smallest absolute Gasteiger partial charge is 0.287 e. The minimum atomic E-state index is -2.92. The third-order valence-electron chi connectivity index (χ3n) is 3.12. The van der Waals surface area contributed by atoms with Crippen LogP contribution in [0.25, 0.3) is 0 Å². The maximum atomic E-state index is 14.5. The van der Waals surface area contributed by atoms with E-state index in [1.807, 2.05) is 4.98 Å². The summed E-state index contributed by atoms with van der Waals surface area (Å²) in [5, 5.41) is 18.6. The number of aliphatic hydroxyl groups is 2. The molecule has 0 amide bonds. The van der Waals surface area contributed by atoms with Gasteiger partial charge in [-0.2, -0.15) is 4.39 Å². The minimum absolute atomic E-state index is 0.400. The van der Waals surface area contributed by atoms with Crippen LogP contribution < -0.4 is 5.56 Å². The van der Waals surface area contributed by atoms with Gasteiger partial charge in [0.2, 0.25) is 11.5 Å². The van der Waals surface area contributed by atoms with Crippen molar-refractivity contribution in [2.45, 2.75) is 24.1 Å². The van der Waals surface area contributed by atoms with E-state index in [1.165, 1.54) is 0 Å². The van der Waals surface area contributed by atoms with Crippen molar-refractivity contribution >= 4 is 12.2 Å². The molecule has 0 aliphatic carbocycles. The van der Waals surface area contributed by atoms with Crippen molar-refractivity contribution in [1.82, 2.24) is 9.55 Å². The molecule has 20 heavy (non-hydrogen) atoms. The van der Waals surface area contributed by atoms with E-state index in [1.54, 1.807) is 0 Å². The van der Waals surface area contributed by atoms with Gasteiger partial charge in [-0.1, -0.05) is 0 Å². The molecule has 2 rings (SSSR count). The summed E-state index contributed by atoms with van der Waals surface area (Å²) in [5.41, 5.74) is -4.04. The Bertz CT molecular complexity index is 621. The standard InChI is InChI=1S/C10H11F3N2O4S/c11-3-10(13)6(17)5(2-16)19-8(10)15-1-4(12)7(18)14-9(15)20/h1,5-6,8,16-17H,2-3H2,(H,14,18,20)/t5-,6?,8-,10-/m1/s1. The molecule has 3 N–H and O–H groups in total. The van der Waals surface area contributed by atoms with Crippen LogP contribution in [-0.4, -0.2) is 50.9 Å². The second-order valence-corrected chi connectivity index (χ2v) is 4.74. The highest BCUT2D eigenvalue weighted by Gasteiger charge is 2.58. The summed E-state index contributed by atoms with van der Waals surface area (Å²) in [5.74, 6) is -1.27. The molecule has 0 bridgehead atoms. The number of nitrogens with one attached hydrogen (secondary N) is 1. The maximum Gasteiger partial charge on any atom is 0.287 e. The molecule has 2 heterocycles. The fourth-order valence-electron chi connectivity index (χ4n) is 2.03. The van der Waals surface area contributed by atoms with Crippen molar-refractivity contribution in [2.24, 2.45) is 0 Å². The van der Waals surface area contributed by atoms with Crippen molar-refractivity contribution in [3.8, 4) is 0 Å². The Kier molecular flexibility index (Phi) is 4.00. The van der Waals surface area contributed by atoms with Crippen LogP contribution in [-0.2, 0) is 4.74 Å². The third kappa shape index (κ3) is 2.18. The number of alkyl halides is 2. The molecule has 0 spiro atoms. The summed E-state index contributed by atoms with van der Waals surface area (Å²) < 4.78 is 46.0. The highest BCUT2D eigenvalue weighted by atomic mass is 32.1. The third-order valence-corrected chi connectivity index (χ3v) is 3.43. The number of halogens is 3. The number of rotatable bonds is 3. The molecular formula is C10H11F3N2O4S. The number of aromatic nitrogens is 2. The molecular weight excluding hydrogens is 301 g/mol. The zero-order valence-electron chi connectivity index (χ0n) is 9.92. The molecule has 1 aliphatic heterocycles. The van der Waals surface area contributed by atoms with Gasteiger partial charge in [-0.25, -0.2) is 8.78 Å². The van der Waals surface area contributed by atoms with Crippen molar-refractivity contribution in [3.05, 3.63) is 27.1 Å². The van der Waals surface area contributed by atoms with Crippen LogP contribution in [0.1, 0.15) is 6.23 Å². The van der Waals surface area contributed by atoms with Crippen LogP contribution in [0.4, 0.5) is 13.2 Å². The van der Waals surface area contributed by atoms with Gasteiger partial charge in [-0.15, -0.1) is 0 Å². The quantitative estimate of drug-likeness (QED) is 0.683. The molecule has 1 aromatic rings. The Hall–Kier alpha value is -1.23. The number of nitrogens with zero attached hydrogens (tertiary/aromatic N) is 1. The van der Waals surface area contributed by atoms with E-state index in [0.717, 1.165) is 0 Å².